The highest BCUT2D eigenvalue weighted by molar-refractivity contribution is 5.73. The molecule has 0 aliphatic heterocycles. The minimum absolute atomic E-state index is 0.409. The van der Waals surface area contributed by atoms with Crippen molar-refractivity contribution in [2.45, 2.75) is 33.7 Å². The van der Waals surface area contributed by atoms with E-state index in [0.717, 1.165) is 22.9 Å². The molecular weight excluding hydrogens is 224 g/mol. The molecule has 0 bridgehead atoms. The summed E-state index contributed by atoms with van der Waals surface area (Å²) in [5.74, 6) is 2.15. The Balaban J connectivity index is 2.31. The number of nitrogens with one attached hydrogen (secondary N) is 2. The molecule has 0 radical (unpaired) electrons. The molecule has 0 aliphatic rings. The molecule has 0 spiro atoms. The summed E-state index contributed by atoms with van der Waals surface area (Å²) in [6, 6.07) is 8.55. The minimum atomic E-state index is 0.409. The van der Waals surface area contributed by atoms with Gasteiger partial charge >= 0.3 is 0 Å². The van der Waals surface area contributed by atoms with E-state index in [1.807, 2.05) is 25.1 Å². The second kappa shape index (κ2) is 5.21. The third-order valence-corrected chi connectivity index (χ3v) is 3.15. The van der Waals surface area contributed by atoms with Crippen LogP contribution in [-0.4, -0.2) is 21.2 Å². The average molecular weight is 244 g/mol. The summed E-state index contributed by atoms with van der Waals surface area (Å²) in [6.07, 6.45) is 0. The first-order valence-electron chi connectivity index (χ1n) is 6.33. The van der Waals surface area contributed by atoms with Gasteiger partial charge in [0.1, 0.15) is 5.82 Å². The molecule has 2 aromatic rings. The highest BCUT2D eigenvalue weighted by Crippen LogP contribution is 2.26. The van der Waals surface area contributed by atoms with Crippen LogP contribution in [0.25, 0.3) is 11.4 Å². The third kappa shape index (κ3) is 2.70. The maximum Gasteiger partial charge on any atom is 0.183 e. The molecule has 18 heavy (non-hydrogen) atoms. The van der Waals surface area contributed by atoms with Crippen LogP contribution in [0.5, 0.6) is 0 Å². The largest absolute Gasteiger partial charge is 0.382 e. The Morgan fingerprint density at radius 1 is 1.17 bits per heavy atom. The minimum Gasteiger partial charge on any atom is -0.382 e. The number of aromatic nitrogens is 3. The standard InChI is InChI=1S/C14H20N4/c1-9(2)10(3)15-13-8-6-5-7-12(13)14-16-11(4)17-18-14/h5-10,15H,1-4H3,(H,16,17,18). The number of rotatable bonds is 4. The number of aromatic amines is 1. The van der Waals surface area contributed by atoms with E-state index >= 15 is 0 Å². The second-order valence-corrected chi connectivity index (χ2v) is 4.97. The molecule has 96 valence electrons. The van der Waals surface area contributed by atoms with Gasteiger partial charge in [0.25, 0.3) is 0 Å². The van der Waals surface area contributed by atoms with Crippen molar-refractivity contribution >= 4 is 5.69 Å². The van der Waals surface area contributed by atoms with E-state index in [2.05, 4.69) is 47.3 Å². The Morgan fingerprint density at radius 2 is 1.89 bits per heavy atom. The molecule has 0 saturated carbocycles. The smallest absolute Gasteiger partial charge is 0.183 e. The summed E-state index contributed by atoms with van der Waals surface area (Å²) >= 11 is 0. The summed E-state index contributed by atoms with van der Waals surface area (Å²) in [5, 5.41) is 10.6. The van der Waals surface area contributed by atoms with Crippen LogP contribution in [0.3, 0.4) is 0 Å². The number of hydrogen-bond donors (Lipinski definition) is 2. The number of aryl methyl sites for hydroxylation is 1. The van der Waals surface area contributed by atoms with Gasteiger partial charge in [-0.2, -0.15) is 5.10 Å². The van der Waals surface area contributed by atoms with Crippen LogP contribution < -0.4 is 5.32 Å². The Bertz CT molecular complexity index is 516. The quantitative estimate of drug-likeness (QED) is 0.868. The van der Waals surface area contributed by atoms with Gasteiger partial charge in [0.05, 0.1) is 0 Å². The van der Waals surface area contributed by atoms with Crippen molar-refractivity contribution in [3.05, 3.63) is 30.1 Å². The van der Waals surface area contributed by atoms with Gasteiger partial charge in [-0.05, 0) is 31.9 Å². The molecule has 4 nitrogen and oxygen atoms in total. The summed E-state index contributed by atoms with van der Waals surface area (Å²) in [7, 11) is 0. The highest BCUT2D eigenvalue weighted by Gasteiger charge is 2.12. The zero-order valence-corrected chi connectivity index (χ0v) is 11.4. The summed E-state index contributed by atoms with van der Waals surface area (Å²) in [6.45, 7) is 8.50. The van der Waals surface area contributed by atoms with Crippen molar-refractivity contribution in [2.75, 3.05) is 5.32 Å². The Hall–Kier alpha value is -1.84. The first-order valence-corrected chi connectivity index (χ1v) is 6.33. The van der Waals surface area contributed by atoms with Crippen LogP contribution in [0.1, 0.15) is 26.6 Å². The third-order valence-electron chi connectivity index (χ3n) is 3.15. The topological polar surface area (TPSA) is 53.6 Å². The van der Waals surface area contributed by atoms with Crippen LogP contribution in [0.4, 0.5) is 5.69 Å². The molecule has 1 unspecified atom stereocenters. The molecule has 0 fully saturated rings. The molecule has 2 N–H and O–H groups in total. The summed E-state index contributed by atoms with van der Waals surface area (Å²) in [5.41, 5.74) is 2.12. The maximum atomic E-state index is 4.39. The molecule has 1 heterocycles. The molecule has 1 atom stereocenters. The molecule has 2 rings (SSSR count). The lowest BCUT2D eigenvalue weighted by Crippen LogP contribution is -2.21. The monoisotopic (exact) mass is 244 g/mol. The van der Waals surface area contributed by atoms with Crippen molar-refractivity contribution in [3.8, 4) is 11.4 Å². The zero-order chi connectivity index (χ0) is 13.1. The zero-order valence-electron chi connectivity index (χ0n) is 11.4. The SMILES string of the molecule is Cc1nc(-c2ccccc2NC(C)C(C)C)n[nH]1. The number of benzene rings is 1. The molecule has 1 aromatic heterocycles. The molecule has 0 aliphatic carbocycles. The van der Waals surface area contributed by atoms with Crippen LogP contribution in [0, 0.1) is 12.8 Å². The normalized spacial score (nSPS) is 12.7. The fourth-order valence-corrected chi connectivity index (χ4v) is 1.68. The number of H-pyrrole nitrogens is 1. The highest BCUT2D eigenvalue weighted by atomic mass is 15.2. The second-order valence-electron chi connectivity index (χ2n) is 4.97. The summed E-state index contributed by atoms with van der Waals surface area (Å²) in [4.78, 5) is 4.39. The van der Waals surface area contributed by atoms with E-state index in [9.17, 15) is 0 Å². The van der Waals surface area contributed by atoms with Crippen molar-refractivity contribution in [1.82, 2.24) is 15.2 Å². The maximum absolute atomic E-state index is 4.39. The van der Waals surface area contributed by atoms with Crippen LogP contribution >= 0.6 is 0 Å². The fraction of sp³-hybridized carbons (Fsp3) is 0.429. The van der Waals surface area contributed by atoms with E-state index in [0.29, 0.717) is 12.0 Å². The van der Waals surface area contributed by atoms with Gasteiger partial charge in [-0.25, -0.2) is 4.98 Å². The van der Waals surface area contributed by atoms with Crippen molar-refractivity contribution in [1.29, 1.82) is 0 Å². The van der Waals surface area contributed by atoms with E-state index < -0.39 is 0 Å². The van der Waals surface area contributed by atoms with Gasteiger partial charge < -0.3 is 5.32 Å². The van der Waals surface area contributed by atoms with Crippen LogP contribution in [0.15, 0.2) is 24.3 Å². The van der Waals surface area contributed by atoms with Gasteiger partial charge in [-0.15, -0.1) is 0 Å². The van der Waals surface area contributed by atoms with E-state index in [-0.39, 0.29) is 0 Å². The molecule has 0 saturated heterocycles. The van der Waals surface area contributed by atoms with Crippen LogP contribution in [0.2, 0.25) is 0 Å². The van der Waals surface area contributed by atoms with Crippen LogP contribution in [-0.2, 0) is 0 Å². The number of hydrogen-bond acceptors (Lipinski definition) is 3. The Kier molecular flexibility index (Phi) is 3.65. The number of anilines is 1. The van der Waals surface area contributed by atoms with Gasteiger partial charge in [0.15, 0.2) is 5.82 Å². The molecular formula is C14H20N4. The van der Waals surface area contributed by atoms with Gasteiger partial charge in [-0.3, -0.25) is 5.10 Å². The van der Waals surface area contributed by atoms with Gasteiger partial charge in [0, 0.05) is 17.3 Å². The number of para-hydroxylation sites is 1. The van der Waals surface area contributed by atoms with E-state index in [1.54, 1.807) is 0 Å². The first-order chi connectivity index (χ1) is 8.58. The lowest BCUT2D eigenvalue weighted by Gasteiger charge is -2.20. The van der Waals surface area contributed by atoms with Gasteiger partial charge in [0.2, 0.25) is 0 Å². The lowest BCUT2D eigenvalue weighted by atomic mass is 10.0. The molecule has 1 aromatic carbocycles. The lowest BCUT2D eigenvalue weighted by molar-refractivity contribution is 0.560. The predicted molar refractivity (Wildman–Crippen MR) is 74.5 cm³/mol. The van der Waals surface area contributed by atoms with Crippen molar-refractivity contribution < 1.29 is 0 Å². The Morgan fingerprint density at radius 3 is 2.50 bits per heavy atom. The molecule has 4 heteroatoms. The van der Waals surface area contributed by atoms with E-state index in [4.69, 9.17) is 0 Å². The number of nitrogens with zero attached hydrogens (tertiary/aromatic N) is 2. The van der Waals surface area contributed by atoms with Crippen molar-refractivity contribution in [2.24, 2.45) is 5.92 Å². The fourth-order valence-electron chi connectivity index (χ4n) is 1.68. The summed E-state index contributed by atoms with van der Waals surface area (Å²) < 4.78 is 0. The van der Waals surface area contributed by atoms with Crippen molar-refractivity contribution in [3.63, 3.8) is 0 Å². The average Bonchev–Trinajstić information content (AvgIpc) is 2.76. The first kappa shape index (κ1) is 12.6. The Labute approximate surface area is 108 Å². The van der Waals surface area contributed by atoms with Gasteiger partial charge in [-0.1, -0.05) is 26.0 Å². The molecule has 0 amide bonds. The van der Waals surface area contributed by atoms with E-state index in [1.165, 1.54) is 0 Å². The predicted octanol–water partition coefficient (Wildman–Crippen LogP) is 3.24.